The van der Waals surface area contributed by atoms with Crippen molar-refractivity contribution in [3.8, 4) is 0 Å². The van der Waals surface area contributed by atoms with Crippen molar-refractivity contribution in [2.75, 3.05) is 6.54 Å². The summed E-state index contributed by atoms with van der Waals surface area (Å²) in [5.41, 5.74) is -0.561. The molecule has 2 fully saturated rings. The first-order valence-electron chi connectivity index (χ1n) is 19.2. The van der Waals surface area contributed by atoms with Crippen LogP contribution in [0.15, 0.2) is 59.5 Å². The molecule has 6 rings (SSSR count). The fourth-order valence-corrected chi connectivity index (χ4v) is 8.56. The van der Waals surface area contributed by atoms with Gasteiger partial charge < -0.3 is 25.0 Å². The molecule has 1 saturated carbocycles. The molecule has 2 aromatic carbocycles. The molecule has 0 aromatic heterocycles. The summed E-state index contributed by atoms with van der Waals surface area (Å²) in [5, 5.41) is 5.46. The number of sulfonamides is 1. The molecule has 56 heavy (non-hydrogen) atoms. The SMILES string of the molecule is CCc1ccc(S(=O)(=O)NC(=O)[C@]23C[C@@H]2/C=C\CCCCC[C@H](NC(=O)OC(C)(C)C)C(=O)N2C[C@H](OC(=O)N4Cc5cccc(F)c5C4)C[C@H]2C(=O)N3)cc1. The molecule has 3 heterocycles. The van der Waals surface area contributed by atoms with E-state index in [2.05, 4.69) is 15.4 Å². The second-order valence-corrected chi connectivity index (χ2v) is 17.6. The van der Waals surface area contributed by atoms with Crippen LogP contribution in [0.4, 0.5) is 14.0 Å². The van der Waals surface area contributed by atoms with Crippen molar-refractivity contribution in [2.24, 2.45) is 5.92 Å². The van der Waals surface area contributed by atoms with Crippen LogP contribution in [0.1, 0.15) is 89.3 Å². The molecule has 4 aliphatic rings. The number of amides is 5. The number of alkyl carbamates (subject to hydrolysis) is 1. The van der Waals surface area contributed by atoms with Crippen molar-refractivity contribution >= 4 is 39.9 Å². The lowest BCUT2D eigenvalue weighted by molar-refractivity contribution is -0.141. The van der Waals surface area contributed by atoms with Crippen molar-refractivity contribution in [1.82, 2.24) is 25.2 Å². The van der Waals surface area contributed by atoms with Crippen LogP contribution in [0.25, 0.3) is 0 Å². The van der Waals surface area contributed by atoms with Crippen LogP contribution >= 0.6 is 0 Å². The number of benzene rings is 2. The van der Waals surface area contributed by atoms with Crippen molar-refractivity contribution in [3.05, 3.63) is 77.1 Å². The van der Waals surface area contributed by atoms with Gasteiger partial charge in [0.2, 0.25) is 11.8 Å². The maximum absolute atomic E-state index is 14.5. The monoisotopic (exact) mass is 795 g/mol. The molecule has 0 spiro atoms. The minimum atomic E-state index is -4.32. The van der Waals surface area contributed by atoms with Crippen LogP contribution in [0.5, 0.6) is 0 Å². The van der Waals surface area contributed by atoms with E-state index in [0.717, 1.165) is 12.0 Å². The summed E-state index contributed by atoms with van der Waals surface area (Å²) in [6, 6.07) is 8.37. The van der Waals surface area contributed by atoms with Gasteiger partial charge in [0.05, 0.1) is 18.0 Å². The average Bonchev–Trinajstić information content (AvgIpc) is 3.42. The van der Waals surface area contributed by atoms with Gasteiger partial charge in [-0.15, -0.1) is 0 Å². The molecule has 16 heteroatoms. The topological polar surface area (TPSA) is 181 Å². The Morgan fingerprint density at radius 1 is 1.04 bits per heavy atom. The van der Waals surface area contributed by atoms with Gasteiger partial charge in [-0.3, -0.25) is 19.3 Å². The van der Waals surface area contributed by atoms with E-state index in [1.54, 1.807) is 51.1 Å². The Kier molecular flexibility index (Phi) is 11.8. The van der Waals surface area contributed by atoms with Gasteiger partial charge in [0.15, 0.2) is 0 Å². The van der Waals surface area contributed by atoms with Gasteiger partial charge in [0.25, 0.3) is 15.9 Å². The van der Waals surface area contributed by atoms with Crippen molar-refractivity contribution < 1.29 is 46.3 Å². The Morgan fingerprint density at radius 3 is 2.48 bits per heavy atom. The highest BCUT2D eigenvalue weighted by Gasteiger charge is 2.61. The second kappa shape index (κ2) is 16.2. The largest absolute Gasteiger partial charge is 0.444 e. The minimum Gasteiger partial charge on any atom is -0.444 e. The summed E-state index contributed by atoms with van der Waals surface area (Å²) < 4.78 is 54.7. The smallest absolute Gasteiger partial charge is 0.410 e. The van der Waals surface area contributed by atoms with Crippen LogP contribution in [-0.2, 0) is 53.4 Å². The molecule has 3 N–H and O–H groups in total. The first kappa shape index (κ1) is 40.7. The van der Waals surface area contributed by atoms with Crippen LogP contribution in [0.2, 0.25) is 0 Å². The third kappa shape index (κ3) is 9.17. The number of hydrogen-bond donors (Lipinski definition) is 3. The predicted octanol–water partition coefficient (Wildman–Crippen LogP) is 4.60. The van der Waals surface area contributed by atoms with E-state index in [4.69, 9.17) is 9.47 Å². The molecule has 1 aliphatic carbocycles. The number of nitrogens with one attached hydrogen (secondary N) is 3. The summed E-state index contributed by atoms with van der Waals surface area (Å²) in [7, 11) is -4.32. The molecular weight excluding hydrogens is 746 g/mol. The van der Waals surface area contributed by atoms with Crippen molar-refractivity contribution in [2.45, 2.75) is 126 Å². The van der Waals surface area contributed by atoms with Gasteiger partial charge in [0.1, 0.15) is 35.1 Å². The normalized spacial score (nSPS) is 26.0. The molecule has 5 atom stereocenters. The number of nitrogens with zero attached hydrogens (tertiary/aromatic N) is 2. The van der Waals surface area contributed by atoms with E-state index < -0.39 is 81.0 Å². The highest BCUT2D eigenvalue weighted by molar-refractivity contribution is 7.90. The molecule has 5 amide bonds. The lowest BCUT2D eigenvalue weighted by Crippen LogP contribution is -2.58. The molecule has 14 nitrogen and oxygen atoms in total. The van der Waals surface area contributed by atoms with E-state index in [1.807, 2.05) is 13.0 Å². The number of carbonyl (C=O) groups is 5. The van der Waals surface area contributed by atoms with Gasteiger partial charge in [-0.2, -0.15) is 0 Å². The highest BCUT2D eigenvalue weighted by Crippen LogP contribution is 2.46. The average molecular weight is 796 g/mol. The Morgan fingerprint density at radius 2 is 1.79 bits per heavy atom. The Balaban J connectivity index is 1.26. The fourth-order valence-electron chi connectivity index (χ4n) is 7.52. The first-order valence-corrected chi connectivity index (χ1v) is 20.6. The molecule has 2 aromatic rings. The summed E-state index contributed by atoms with van der Waals surface area (Å²) in [6.07, 6.45) is 4.66. The lowest BCUT2D eigenvalue weighted by Gasteiger charge is -2.30. The summed E-state index contributed by atoms with van der Waals surface area (Å²) in [5.74, 6) is -3.26. The minimum absolute atomic E-state index is 0.0137. The van der Waals surface area contributed by atoms with Gasteiger partial charge >= 0.3 is 12.2 Å². The zero-order chi connectivity index (χ0) is 40.4. The van der Waals surface area contributed by atoms with E-state index in [1.165, 1.54) is 28.0 Å². The van der Waals surface area contributed by atoms with Crippen LogP contribution in [-0.4, -0.2) is 84.0 Å². The highest BCUT2D eigenvalue weighted by atomic mass is 32.2. The maximum atomic E-state index is 14.5. The van der Waals surface area contributed by atoms with E-state index >= 15 is 0 Å². The van der Waals surface area contributed by atoms with Gasteiger partial charge in [-0.1, -0.05) is 56.2 Å². The molecule has 0 radical (unpaired) electrons. The Bertz CT molecular complexity index is 2000. The first-order chi connectivity index (χ1) is 26.5. The van der Waals surface area contributed by atoms with Crippen LogP contribution < -0.4 is 15.4 Å². The molecule has 0 unspecified atom stereocenters. The Labute approximate surface area is 326 Å². The summed E-state index contributed by atoms with van der Waals surface area (Å²) in [6.45, 7) is 6.89. The van der Waals surface area contributed by atoms with Crippen molar-refractivity contribution in [1.29, 1.82) is 0 Å². The summed E-state index contributed by atoms with van der Waals surface area (Å²) >= 11 is 0. The third-order valence-electron chi connectivity index (χ3n) is 10.7. The number of carbonyl (C=O) groups excluding carboxylic acids is 5. The number of allylic oxidation sites excluding steroid dienone is 1. The third-order valence-corrected chi connectivity index (χ3v) is 12.0. The zero-order valence-corrected chi connectivity index (χ0v) is 33.0. The predicted molar refractivity (Wildman–Crippen MR) is 202 cm³/mol. The standard InChI is InChI=1S/C40H50FN5O9S/c1-5-25-16-18-29(19-17-25)56(52,53)44-36(49)40-21-27(40)13-9-7-6-8-10-15-32(42-37(50)55-39(2,3)4)35(48)46-23-28(20-33(46)34(47)43-40)54-38(51)45-22-26-12-11-14-31(41)30(26)24-45/h9,11-14,16-19,27-28,32-33H,5-8,10,15,20-24H2,1-4H3,(H,42,50)(H,43,47)(H,44,49)/b13-9-/t27-,28+,32-,33-,40-/m0/s1. The van der Waals surface area contributed by atoms with Crippen LogP contribution in [0, 0.1) is 11.7 Å². The lowest BCUT2D eigenvalue weighted by atomic mass is 10.0. The number of aryl methyl sites for hydroxylation is 1. The van der Waals surface area contributed by atoms with Crippen molar-refractivity contribution in [3.63, 3.8) is 0 Å². The summed E-state index contributed by atoms with van der Waals surface area (Å²) in [4.78, 5) is 71.5. The second-order valence-electron chi connectivity index (χ2n) is 15.9. The number of hydrogen-bond acceptors (Lipinski definition) is 9. The maximum Gasteiger partial charge on any atom is 0.410 e. The number of fused-ring (bicyclic) bond motifs is 3. The van der Waals surface area contributed by atoms with Crippen LogP contribution in [0.3, 0.4) is 0 Å². The number of halogens is 1. The Hall–Kier alpha value is -4.99. The van der Waals surface area contributed by atoms with E-state index in [-0.39, 0.29) is 43.8 Å². The molecule has 302 valence electrons. The molecular formula is C40H50FN5O9S. The molecule has 0 bridgehead atoms. The van der Waals surface area contributed by atoms with Gasteiger partial charge in [-0.25, -0.2) is 27.1 Å². The quantitative estimate of drug-likeness (QED) is 0.352. The molecule has 1 saturated heterocycles. The van der Waals surface area contributed by atoms with Gasteiger partial charge in [0, 0.05) is 24.4 Å². The fraction of sp³-hybridized carbons (Fsp3) is 0.525. The van der Waals surface area contributed by atoms with E-state index in [9.17, 15) is 36.8 Å². The van der Waals surface area contributed by atoms with E-state index in [0.29, 0.717) is 36.8 Å². The number of rotatable bonds is 6. The molecule has 3 aliphatic heterocycles. The zero-order valence-electron chi connectivity index (χ0n) is 32.1. The van der Waals surface area contributed by atoms with Gasteiger partial charge in [-0.05, 0) is 82.2 Å². The number of ether oxygens (including phenoxy) is 2.